The Labute approximate surface area is 208 Å². The number of carbonyl (C=O) groups excluding carboxylic acids is 1. The summed E-state index contributed by atoms with van der Waals surface area (Å²) in [7, 11) is 1.40. The van der Waals surface area contributed by atoms with Gasteiger partial charge in [-0.3, -0.25) is 0 Å². The van der Waals surface area contributed by atoms with Gasteiger partial charge in [-0.1, -0.05) is 52.3 Å². The highest BCUT2D eigenvalue weighted by Crippen LogP contribution is 2.38. The van der Waals surface area contributed by atoms with Crippen LogP contribution in [-0.4, -0.2) is 24.2 Å². The van der Waals surface area contributed by atoms with Crippen molar-refractivity contribution >= 4 is 27.6 Å². The van der Waals surface area contributed by atoms with Gasteiger partial charge in [-0.15, -0.1) is 0 Å². The number of anilines is 1. The van der Waals surface area contributed by atoms with Crippen LogP contribution in [0.2, 0.25) is 0 Å². The summed E-state index contributed by atoms with van der Waals surface area (Å²) < 4.78 is 14.4. The second kappa shape index (κ2) is 10.6. The zero-order chi connectivity index (χ0) is 24.1. The highest BCUT2D eigenvalue weighted by Gasteiger charge is 2.20. The van der Waals surface area contributed by atoms with Crippen LogP contribution < -0.4 is 10.1 Å². The quantitative estimate of drug-likeness (QED) is 0.255. The maximum atomic E-state index is 12.5. The Balaban J connectivity index is 1.84. The first-order valence-corrected chi connectivity index (χ1v) is 11.9. The molecule has 0 radical (unpaired) electrons. The predicted molar refractivity (Wildman–Crippen MR) is 140 cm³/mol. The molecule has 0 bridgehead atoms. The molecule has 0 saturated heterocycles. The number of nitrogens with one attached hydrogen (secondary N) is 1. The lowest BCUT2D eigenvalue weighted by Crippen LogP contribution is -2.12. The van der Waals surface area contributed by atoms with Gasteiger partial charge in [0.05, 0.1) is 29.7 Å². The number of para-hydroxylation sites is 1. The van der Waals surface area contributed by atoms with Gasteiger partial charge in [0.2, 0.25) is 0 Å². The van der Waals surface area contributed by atoms with E-state index < -0.39 is 0 Å². The number of halogens is 1. The lowest BCUT2D eigenvalue weighted by Gasteiger charge is -2.20. The molecule has 0 fully saturated rings. The van der Waals surface area contributed by atoms with E-state index in [1.165, 1.54) is 7.11 Å². The van der Waals surface area contributed by atoms with E-state index in [0.29, 0.717) is 18.7 Å². The van der Waals surface area contributed by atoms with E-state index >= 15 is 0 Å². The van der Waals surface area contributed by atoms with Gasteiger partial charge in [0, 0.05) is 22.3 Å². The van der Waals surface area contributed by atoms with Gasteiger partial charge in [0.1, 0.15) is 12.4 Å². The van der Waals surface area contributed by atoms with Gasteiger partial charge in [-0.25, -0.2) is 4.79 Å². The first-order valence-electron chi connectivity index (χ1n) is 11.1. The molecule has 1 N–H and O–H groups in total. The fraction of sp³-hybridized carbons (Fsp3) is 0.179. The summed E-state index contributed by atoms with van der Waals surface area (Å²) in [4.78, 5) is 12.5. The molecule has 0 saturated carbocycles. The monoisotopic (exact) mass is 518 g/mol. The van der Waals surface area contributed by atoms with Crippen molar-refractivity contribution in [1.29, 1.82) is 0 Å². The topological polar surface area (TPSA) is 52.5 Å². The molecule has 4 aromatic rings. The molecule has 0 aliphatic carbocycles. The molecule has 1 aromatic heterocycles. The smallest absolute Gasteiger partial charge is 0.340 e. The Morgan fingerprint density at radius 1 is 1.00 bits per heavy atom. The van der Waals surface area contributed by atoms with Crippen molar-refractivity contribution in [2.75, 3.05) is 19.0 Å². The van der Waals surface area contributed by atoms with Crippen LogP contribution in [0.4, 0.5) is 5.69 Å². The van der Waals surface area contributed by atoms with Gasteiger partial charge in [-0.2, -0.15) is 0 Å². The number of hydrogen-bond donors (Lipinski definition) is 1. The standard InChI is InChI=1S/C28H27BrN2O3/c1-4-30-27-22(28(32)33-3)11-8-12-25(27)31-19(2)13-15-24(31)23-17-21(29)14-16-26(23)34-18-20-9-6-5-7-10-20/h5-17,30H,4,18H2,1-3H3. The molecule has 0 spiro atoms. The van der Waals surface area contributed by atoms with Crippen molar-refractivity contribution in [3.63, 3.8) is 0 Å². The largest absolute Gasteiger partial charge is 0.488 e. The molecule has 1 heterocycles. The van der Waals surface area contributed by atoms with Crippen LogP contribution in [0.25, 0.3) is 16.9 Å². The van der Waals surface area contributed by atoms with Crippen molar-refractivity contribution in [3.05, 3.63) is 100 Å². The third-order valence-electron chi connectivity index (χ3n) is 5.57. The highest BCUT2D eigenvalue weighted by atomic mass is 79.9. The summed E-state index contributed by atoms with van der Waals surface area (Å²) in [6.45, 7) is 5.19. The molecule has 6 heteroatoms. The Morgan fingerprint density at radius 3 is 2.53 bits per heavy atom. The SMILES string of the molecule is CCNc1c(C(=O)OC)cccc1-n1c(C)ccc1-c1cc(Br)ccc1OCc1ccccc1. The number of aryl methyl sites for hydroxylation is 1. The second-order valence-corrected chi connectivity index (χ2v) is 8.75. The second-order valence-electron chi connectivity index (χ2n) is 7.83. The van der Waals surface area contributed by atoms with E-state index in [9.17, 15) is 4.79 Å². The summed E-state index contributed by atoms with van der Waals surface area (Å²) in [6, 6.07) is 25.9. The minimum atomic E-state index is -0.376. The predicted octanol–water partition coefficient (Wildman–Crippen LogP) is 7.01. The van der Waals surface area contributed by atoms with Crippen LogP contribution in [0, 0.1) is 6.92 Å². The first kappa shape index (κ1) is 23.6. The van der Waals surface area contributed by atoms with Crippen molar-refractivity contribution in [2.24, 2.45) is 0 Å². The molecule has 0 atom stereocenters. The van der Waals surface area contributed by atoms with Gasteiger partial charge in [0.15, 0.2) is 0 Å². The number of aromatic nitrogens is 1. The minimum Gasteiger partial charge on any atom is -0.488 e. The Kier molecular flexibility index (Phi) is 7.38. The molecule has 174 valence electrons. The summed E-state index contributed by atoms with van der Waals surface area (Å²) in [5.41, 5.74) is 6.15. The van der Waals surface area contributed by atoms with Gasteiger partial charge in [-0.05, 0) is 61.9 Å². The van der Waals surface area contributed by atoms with Crippen molar-refractivity contribution < 1.29 is 14.3 Å². The Morgan fingerprint density at radius 2 is 1.79 bits per heavy atom. The number of hydrogen-bond acceptors (Lipinski definition) is 4. The van der Waals surface area contributed by atoms with Crippen molar-refractivity contribution in [2.45, 2.75) is 20.5 Å². The van der Waals surface area contributed by atoms with Crippen LogP contribution >= 0.6 is 15.9 Å². The normalized spacial score (nSPS) is 10.7. The zero-order valence-corrected chi connectivity index (χ0v) is 21.1. The van der Waals surface area contributed by atoms with Crippen LogP contribution in [-0.2, 0) is 11.3 Å². The third kappa shape index (κ3) is 4.87. The number of carbonyl (C=O) groups is 1. The lowest BCUT2D eigenvalue weighted by atomic mass is 10.1. The van der Waals surface area contributed by atoms with Gasteiger partial charge in [0.25, 0.3) is 0 Å². The van der Waals surface area contributed by atoms with Gasteiger partial charge < -0.3 is 19.4 Å². The van der Waals surface area contributed by atoms with E-state index in [1.54, 1.807) is 6.07 Å². The van der Waals surface area contributed by atoms with E-state index in [4.69, 9.17) is 9.47 Å². The molecule has 0 unspecified atom stereocenters. The number of nitrogens with zero attached hydrogens (tertiary/aromatic N) is 1. The zero-order valence-electron chi connectivity index (χ0n) is 19.5. The fourth-order valence-corrected chi connectivity index (χ4v) is 4.36. The molecule has 3 aromatic carbocycles. The molecule has 4 rings (SSSR count). The van der Waals surface area contributed by atoms with Crippen LogP contribution in [0.5, 0.6) is 5.75 Å². The number of esters is 1. The maximum Gasteiger partial charge on any atom is 0.340 e. The number of ether oxygens (including phenoxy) is 2. The van der Waals surface area contributed by atoms with Crippen LogP contribution in [0.3, 0.4) is 0 Å². The summed E-state index contributed by atoms with van der Waals surface area (Å²) in [5, 5.41) is 3.36. The highest BCUT2D eigenvalue weighted by molar-refractivity contribution is 9.10. The Hall–Kier alpha value is -3.51. The van der Waals surface area contributed by atoms with Crippen LogP contribution in [0.1, 0.15) is 28.5 Å². The molecule has 0 aliphatic rings. The number of rotatable bonds is 8. The first-order chi connectivity index (χ1) is 16.5. The molecule has 0 aliphatic heterocycles. The average molecular weight is 519 g/mol. The maximum absolute atomic E-state index is 12.5. The molecule has 0 amide bonds. The summed E-state index contributed by atoms with van der Waals surface area (Å²) >= 11 is 3.62. The summed E-state index contributed by atoms with van der Waals surface area (Å²) in [6.07, 6.45) is 0. The molecular weight excluding hydrogens is 492 g/mol. The van der Waals surface area contributed by atoms with E-state index in [1.807, 2.05) is 68.4 Å². The molecule has 5 nitrogen and oxygen atoms in total. The molecular formula is C28H27BrN2O3. The van der Waals surface area contributed by atoms with Crippen molar-refractivity contribution in [1.82, 2.24) is 4.57 Å². The van der Waals surface area contributed by atoms with Crippen molar-refractivity contribution in [3.8, 4) is 22.7 Å². The van der Waals surface area contributed by atoms with E-state index in [2.05, 4.69) is 44.0 Å². The minimum absolute atomic E-state index is 0.376. The van der Waals surface area contributed by atoms with E-state index in [0.717, 1.165) is 44.1 Å². The number of benzene rings is 3. The van der Waals surface area contributed by atoms with Crippen LogP contribution in [0.15, 0.2) is 83.3 Å². The fourth-order valence-electron chi connectivity index (χ4n) is 4.00. The Bertz CT molecular complexity index is 1300. The van der Waals surface area contributed by atoms with Gasteiger partial charge >= 0.3 is 5.97 Å². The lowest BCUT2D eigenvalue weighted by molar-refractivity contribution is 0.0602. The average Bonchev–Trinajstić information content (AvgIpc) is 3.24. The van der Waals surface area contributed by atoms with E-state index in [-0.39, 0.29) is 5.97 Å². The molecule has 34 heavy (non-hydrogen) atoms. The summed E-state index contributed by atoms with van der Waals surface area (Å²) in [5.74, 6) is 0.402. The number of methoxy groups -OCH3 is 1. The third-order valence-corrected chi connectivity index (χ3v) is 6.07.